The molecule has 0 aliphatic rings. The summed E-state index contributed by atoms with van der Waals surface area (Å²) in [5.41, 5.74) is 7.83. The van der Waals surface area contributed by atoms with Crippen LogP contribution in [0.3, 0.4) is 0 Å². The Kier molecular flexibility index (Phi) is 5.44. The van der Waals surface area contributed by atoms with Crippen LogP contribution in [-0.4, -0.2) is 13.2 Å². The van der Waals surface area contributed by atoms with E-state index in [2.05, 4.69) is 15.9 Å². The number of aryl methyl sites for hydroxylation is 1. The average Bonchev–Trinajstić information content (AvgIpc) is 2.46. The molecule has 106 valence electrons. The summed E-state index contributed by atoms with van der Waals surface area (Å²) in [6, 6.07) is 13.8. The smallest absolute Gasteiger partial charge is 0.133 e. The summed E-state index contributed by atoms with van der Waals surface area (Å²) in [6.07, 6.45) is 0. The normalized spacial score (nSPS) is 10.3. The van der Waals surface area contributed by atoms with Gasteiger partial charge in [0.2, 0.25) is 0 Å². The van der Waals surface area contributed by atoms with Crippen LogP contribution >= 0.6 is 15.9 Å². The molecule has 4 heteroatoms. The Balaban J connectivity index is 1.78. The minimum Gasteiger partial charge on any atom is -0.490 e. The van der Waals surface area contributed by atoms with Gasteiger partial charge in [0.25, 0.3) is 0 Å². The van der Waals surface area contributed by atoms with Gasteiger partial charge in [0, 0.05) is 6.54 Å². The van der Waals surface area contributed by atoms with E-state index in [-0.39, 0.29) is 0 Å². The van der Waals surface area contributed by atoms with E-state index in [1.807, 2.05) is 49.4 Å². The second-order valence-electron chi connectivity index (χ2n) is 4.48. The van der Waals surface area contributed by atoms with Gasteiger partial charge in [0.15, 0.2) is 0 Å². The molecule has 20 heavy (non-hydrogen) atoms. The second-order valence-corrected chi connectivity index (χ2v) is 5.33. The lowest BCUT2D eigenvalue weighted by Gasteiger charge is -2.10. The summed E-state index contributed by atoms with van der Waals surface area (Å²) < 4.78 is 12.2. The van der Waals surface area contributed by atoms with E-state index in [9.17, 15) is 0 Å². The predicted molar refractivity (Wildman–Crippen MR) is 84.2 cm³/mol. The van der Waals surface area contributed by atoms with Crippen molar-refractivity contribution in [2.24, 2.45) is 5.73 Å². The van der Waals surface area contributed by atoms with Gasteiger partial charge in [0.05, 0.1) is 4.47 Å². The Morgan fingerprint density at radius 3 is 2.35 bits per heavy atom. The van der Waals surface area contributed by atoms with E-state index >= 15 is 0 Å². The molecule has 2 rings (SSSR count). The van der Waals surface area contributed by atoms with Crippen LogP contribution in [0.15, 0.2) is 46.9 Å². The number of benzene rings is 2. The molecule has 2 aromatic rings. The molecule has 0 saturated carbocycles. The third-order valence-electron chi connectivity index (χ3n) is 2.86. The predicted octanol–water partition coefficient (Wildman–Crippen LogP) is 3.67. The van der Waals surface area contributed by atoms with Crippen molar-refractivity contribution < 1.29 is 9.47 Å². The molecule has 0 saturated heterocycles. The van der Waals surface area contributed by atoms with Crippen LogP contribution < -0.4 is 15.2 Å². The Morgan fingerprint density at radius 1 is 1.00 bits per heavy atom. The first kappa shape index (κ1) is 14.9. The number of nitrogens with two attached hydrogens (primary N) is 1. The molecule has 0 bridgehead atoms. The van der Waals surface area contributed by atoms with E-state index in [4.69, 9.17) is 15.2 Å². The molecule has 0 amide bonds. The molecule has 0 radical (unpaired) electrons. The summed E-state index contributed by atoms with van der Waals surface area (Å²) in [6.45, 7) is 3.59. The Morgan fingerprint density at radius 2 is 1.70 bits per heavy atom. The van der Waals surface area contributed by atoms with Gasteiger partial charge in [-0.3, -0.25) is 0 Å². The van der Waals surface area contributed by atoms with Gasteiger partial charge in [-0.2, -0.15) is 0 Å². The van der Waals surface area contributed by atoms with Crippen molar-refractivity contribution in [2.75, 3.05) is 13.2 Å². The number of hydrogen-bond donors (Lipinski definition) is 1. The molecular formula is C16H18BrNO2. The van der Waals surface area contributed by atoms with Crippen molar-refractivity contribution in [2.45, 2.75) is 13.5 Å². The minimum atomic E-state index is 0.500. The maximum absolute atomic E-state index is 5.67. The lowest BCUT2D eigenvalue weighted by atomic mass is 10.2. The van der Waals surface area contributed by atoms with Gasteiger partial charge in [-0.15, -0.1) is 0 Å². The van der Waals surface area contributed by atoms with Crippen LogP contribution in [0.25, 0.3) is 0 Å². The molecule has 0 atom stereocenters. The zero-order valence-electron chi connectivity index (χ0n) is 11.4. The van der Waals surface area contributed by atoms with E-state index < -0.39 is 0 Å². The molecule has 3 nitrogen and oxygen atoms in total. The van der Waals surface area contributed by atoms with E-state index in [1.54, 1.807) is 0 Å². The maximum Gasteiger partial charge on any atom is 0.133 e. The van der Waals surface area contributed by atoms with E-state index in [0.29, 0.717) is 19.8 Å². The fourth-order valence-electron chi connectivity index (χ4n) is 1.76. The van der Waals surface area contributed by atoms with Crippen molar-refractivity contribution in [1.29, 1.82) is 0 Å². The first-order valence-corrected chi connectivity index (χ1v) is 7.29. The summed E-state index contributed by atoms with van der Waals surface area (Å²) in [4.78, 5) is 0. The van der Waals surface area contributed by atoms with Crippen LogP contribution in [0.4, 0.5) is 0 Å². The van der Waals surface area contributed by atoms with E-state index in [0.717, 1.165) is 21.5 Å². The second kappa shape index (κ2) is 7.31. The molecule has 0 spiro atoms. The molecule has 2 N–H and O–H groups in total. The van der Waals surface area contributed by atoms with Gasteiger partial charge >= 0.3 is 0 Å². The summed E-state index contributed by atoms with van der Waals surface area (Å²) in [5.74, 6) is 1.66. The number of halogens is 1. The number of rotatable bonds is 6. The van der Waals surface area contributed by atoms with Gasteiger partial charge in [-0.25, -0.2) is 0 Å². The van der Waals surface area contributed by atoms with Crippen LogP contribution in [-0.2, 0) is 6.54 Å². The van der Waals surface area contributed by atoms with Crippen LogP contribution in [0.2, 0.25) is 0 Å². The van der Waals surface area contributed by atoms with Gasteiger partial charge < -0.3 is 15.2 Å². The average molecular weight is 336 g/mol. The standard InChI is InChI=1S/C16H18BrNO2/c1-12-2-7-16(15(17)10-12)20-9-8-19-14-5-3-13(11-18)4-6-14/h2-7,10H,8-9,11,18H2,1H3. The molecular weight excluding hydrogens is 318 g/mol. The molecule has 2 aromatic carbocycles. The molecule has 0 aliphatic heterocycles. The highest BCUT2D eigenvalue weighted by Gasteiger charge is 2.01. The fourth-order valence-corrected chi connectivity index (χ4v) is 2.36. The Bertz CT molecular complexity index is 555. The summed E-state index contributed by atoms with van der Waals surface area (Å²) in [5, 5.41) is 0. The van der Waals surface area contributed by atoms with Crippen molar-refractivity contribution in [1.82, 2.24) is 0 Å². The van der Waals surface area contributed by atoms with Crippen molar-refractivity contribution in [3.8, 4) is 11.5 Å². The highest BCUT2D eigenvalue weighted by Crippen LogP contribution is 2.25. The minimum absolute atomic E-state index is 0.500. The third-order valence-corrected chi connectivity index (χ3v) is 3.48. The summed E-state index contributed by atoms with van der Waals surface area (Å²) in [7, 11) is 0. The zero-order chi connectivity index (χ0) is 14.4. The van der Waals surface area contributed by atoms with Gasteiger partial charge in [0.1, 0.15) is 24.7 Å². The third kappa shape index (κ3) is 4.25. The molecule has 0 heterocycles. The van der Waals surface area contributed by atoms with Gasteiger partial charge in [-0.1, -0.05) is 18.2 Å². The van der Waals surface area contributed by atoms with Gasteiger partial charge in [-0.05, 0) is 58.2 Å². The first-order valence-electron chi connectivity index (χ1n) is 6.50. The number of ether oxygens (including phenoxy) is 2. The number of hydrogen-bond acceptors (Lipinski definition) is 3. The Hall–Kier alpha value is -1.52. The molecule has 0 fully saturated rings. The highest BCUT2D eigenvalue weighted by molar-refractivity contribution is 9.10. The Labute approximate surface area is 127 Å². The summed E-state index contributed by atoms with van der Waals surface area (Å²) >= 11 is 3.48. The zero-order valence-corrected chi connectivity index (χ0v) is 13.0. The fraction of sp³-hybridized carbons (Fsp3) is 0.250. The monoisotopic (exact) mass is 335 g/mol. The first-order chi connectivity index (χ1) is 9.69. The molecule has 0 aromatic heterocycles. The van der Waals surface area contributed by atoms with Crippen molar-refractivity contribution in [3.05, 3.63) is 58.1 Å². The van der Waals surface area contributed by atoms with Crippen LogP contribution in [0.5, 0.6) is 11.5 Å². The molecule has 0 aliphatic carbocycles. The van der Waals surface area contributed by atoms with E-state index in [1.165, 1.54) is 5.56 Å². The SMILES string of the molecule is Cc1ccc(OCCOc2ccc(CN)cc2)c(Br)c1. The topological polar surface area (TPSA) is 44.5 Å². The molecule has 0 unspecified atom stereocenters. The lowest BCUT2D eigenvalue weighted by Crippen LogP contribution is -2.09. The van der Waals surface area contributed by atoms with Crippen molar-refractivity contribution >= 4 is 15.9 Å². The maximum atomic E-state index is 5.67. The van der Waals surface area contributed by atoms with Crippen LogP contribution in [0, 0.1) is 6.92 Å². The van der Waals surface area contributed by atoms with Crippen LogP contribution in [0.1, 0.15) is 11.1 Å². The highest BCUT2D eigenvalue weighted by atomic mass is 79.9. The lowest BCUT2D eigenvalue weighted by molar-refractivity contribution is 0.216. The van der Waals surface area contributed by atoms with Crippen molar-refractivity contribution in [3.63, 3.8) is 0 Å². The largest absolute Gasteiger partial charge is 0.490 e. The quantitative estimate of drug-likeness (QED) is 0.819.